The Labute approximate surface area is 242 Å². The van der Waals surface area contributed by atoms with Gasteiger partial charge in [0.25, 0.3) is 0 Å². The van der Waals surface area contributed by atoms with E-state index in [1.54, 1.807) is 24.5 Å². The molecule has 2 aromatic heterocycles. The molecule has 1 saturated carbocycles. The van der Waals surface area contributed by atoms with Gasteiger partial charge in [0.2, 0.25) is 0 Å². The second-order valence-electron chi connectivity index (χ2n) is 10.1. The molecule has 7 nitrogen and oxygen atoms in total. The monoisotopic (exact) mass is 583 g/mol. The number of halogens is 3. The van der Waals surface area contributed by atoms with Gasteiger partial charge in [0, 0.05) is 36.6 Å². The number of nitrogens with zero attached hydrogens (tertiary/aromatic N) is 3. The van der Waals surface area contributed by atoms with Gasteiger partial charge in [-0.3, -0.25) is 9.78 Å². The molecule has 0 spiro atoms. The molecule has 1 aliphatic carbocycles. The topological polar surface area (TPSA) is 104 Å². The van der Waals surface area contributed by atoms with Crippen molar-refractivity contribution in [2.24, 2.45) is 11.7 Å². The molecule has 6 rings (SSSR count). The van der Waals surface area contributed by atoms with Crippen LogP contribution in [-0.2, 0) is 0 Å². The summed E-state index contributed by atoms with van der Waals surface area (Å²) in [5.41, 5.74) is 10.4. The molecule has 10 heteroatoms. The number of hydrogen-bond acceptors (Lipinski definition) is 7. The molecule has 0 bridgehead atoms. The number of pyridine rings is 2. The number of carbonyl (C=O) groups excluding carboxylic acids is 1. The number of fused-ring (bicyclic) bond motifs is 1. The van der Waals surface area contributed by atoms with Crippen LogP contribution in [0.4, 0.5) is 17.2 Å². The first-order valence-electron chi connectivity index (χ1n) is 12.8. The predicted molar refractivity (Wildman–Crippen MR) is 160 cm³/mol. The van der Waals surface area contributed by atoms with Crippen LogP contribution < -0.4 is 16.0 Å². The first-order valence-corrected chi connectivity index (χ1v) is 13.5. The third-order valence-electron chi connectivity index (χ3n) is 7.31. The summed E-state index contributed by atoms with van der Waals surface area (Å²) in [5, 5.41) is 14.6. The van der Waals surface area contributed by atoms with Crippen LogP contribution in [0, 0.1) is 5.92 Å². The van der Waals surface area contributed by atoms with Gasteiger partial charge in [0.1, 0.15) is 5.82 Å². The predicted octanol–water partition coefficient (Wildman–Crippen LogP) is 6.99. The molecular formula is C29H28Cl3N5O2. The number of Topliss-reactive ketones (excluding diaryl/α,β-unsaturated/α-hetero) is 1. The van der Waals surface area contributed by atoms with Crippen LogP contribution in [0.5, 0.6) is 5.75 Å². The number of anilines is 3. The highest BCUT2D eigenvalue weighted by Crippen LogP contribution is 2.40. The minimum absolute atomic E-state index is 0. The van der Waals surface area contributed by atoms with Crippen LogP contribution in [0.15, 0.2) is 54.9 Å². The third-order valence-corrected chi connectivity index (χ3v) is 7.89. The lowest BCUT2D eigenvalue weighted by Gasteiger charge is -2.31. The smallest absolute Gasteiger partial charge is 0.169 e. The molecule has 0 atom stereocenters. The molecule has 2 aromatic carbocycles. The second-order valence-corrected chi connectivity index (χ2v) is 10.9. The van der Waals surface area contributed by atoms with Gasteiger partial charge in [-0.2, -0.15) is 0 Å². The fourth-order valence-electron chi connectivity index (χ4n) is 4.91. The Morgan fingerprint density at radius 2 is 1.67 bits per heavy atom. The lowest BCUT2D eigenvalue weighted by atomic mass is 9.99. The summed E-state index contributed by atoms with van der Waals surface area (Å²) in [6.45, 7) is 1.79. The number of phenols is 1. The van der Waals surface area contributed by atoms with E-state index in [1.165, 1.54) is 0 Å². The molecule has 2 aliphatic rings. The molecule has 4 aromatic rings. The Bertz CT molecular complexity index is 1510. The summed E-state index contributed by atoms with van der Waals surface area (Å²) in [5.74, 6) is 0.901. The first-order chi connectivity index (χ1) is 18.4. The summed E-state index contributed by atoms with van der Waals surface area (Å²) in [6.07, 6.45) is 7.17. The molecule has 2 fully saturated rings. The zero-order valence-corrected chi connectivity index (χ0v) is 23.4. The molecule has 0 amide bonds. The average molecular weight is 585 g/mol. The number of aromatic hydroxyl groups is 1. The van der Waals surface area contributed by atoms with Gasteiger partial charge >= 0.3 is 0 Å². The number of rotatable bonds is 6. The number of hydrogen-bond donors (Lipinski definition) is 3. The van der Waals surface area contributed by atoms with Crippen molar-refractivity contribution >= 4 is 69.5 Å². The number of carbonyl (C=O) groups is 1. The van der Waals surface area contributed by atoms with Gasteiger partial charge in [0.15, 0.2) is 11.5 Å². The van der Waals surface area contributed by atoms with Crippen molar-refractivity contribution in [2.45, 2.75) is 31.7 Å². The second kappa shape index (κ2) is 11.2. The maximum atomic E-state index is 13.3. The molecule has 1 saturated heterocycles. The van der Waals surface area contributed by atoms with Gasteiger partial charge in [-0.05, 0) is 73.2 Å². The van der Waals surface area contributed by atoms with Gasteiger partial charge in [-0.1, -0.05) is 29.3 Å². The summed E-state index contributed by atoms with van der Waals surface area (Å²) in [4.78, 5) is 24.8. The van der Waals surface area contributed by atoms with E-state index in [-0.39, 0.29) is 45.9 Å². The van der Waals surface area contributed by atoms with E-state index < -0.39 is 0 Å². The number of nitrogens with one attached hydrogen (secondary N) is 1. The highest BCUT2D eigenvalue weighted by Gasteiger charge is 2.32. The van der Waals surface area contributed by atoms with Crippen molar-refractivity contribution in [2.75, 3.05) is 23.3 Å². The Kier molecular flexibility index (Phi) is 7.87. The fraction of sp³-hybridized carbons (Fsp3) is 0.276. The van der Waals surface area contributed by atoms with Crippen molar-refractivity contribution in [3.63, 3.8) is 0 Å². The Morgan fingerprint density at radius 1 is 0.949 bits per heavy atom. The number of benzene rings is 2. The molecule has 39 heavy (non-hydrogen) atoms. The number of phenolic OH excluding ortho intramolecular Hbond substituents is 1. The van der Waals surface area contributed by atoms with Crippen molar-refractivity contribution in [3.8, 4) is 16.9 Å². The zero-order valence-electron chi connectivity index (χ0n) is 21.0. The number of nitrogens with two attached hydrogens (primary N) is 1. The third kappa shape index (κ3) is 5.63. The number of piperidine rings is 1. The van der Waals surface area contributed by atoms with E-state index in [1.807, 2.05) is 30.3 Å². The van der Waals surface area contributed by atoms with Gasteiger partial charge in [0.05, 0.1) is 38.7 Å². The summed E-state index contributed by atoms with van der Waals surface area (Å²) >= 11 is 12.4. The molecule has 3 heterocycles. The van der Waals surface area contributed by atoms with Crippen molar-refractivity contribution in [1.82, 2.24) is 9.97 Å². The largest absolute Gasteiger partial charge is 0.505 e. The molecule has 0 unspecified atom stereocenters. The van der Waals surface area contributed by atoms with Crippen LogP contribution in [0.2, 0.25) is 10.0 Å². The van der Waals surface area contributed by atoms with Crippen LogP contribution in [-0.4, -0.2) is 40.0 Å². The summed E-state index contributed by atoms with van der Waals surface area (Å²) in [7, 11) is 0. The summed E-state index contributed by atoms with van der Waals surface area (Å²) in [6, 6.07) is 13.4. The van der Waals surface area contributed by atoms with E-state index >= 15 is 0 Å². The highest BCUT2D eigenvalue weighted by atomic mass is 35.5. The maximum absolute atomic E-state index is 13.3. The minimum atomic E-state index is -0.150. The van der Waals surface area contributed by atoms with E-state index in [4.69, 9.17) is 28.9 Å². The molecule has 0 radical (unpaired) electrons. The average Bonchev–Trinajstić information content (AvgIpc) is 3.78. The van der Waals surface area contributed by atoms with Crippen LogP contribution in [0.3, 0.4) is 0 Å². The number of aromatic nitrogens is 2. The van der Waals surface area contributed by atoms with E-state index in [2.05, 4.69) is 20.2 Å². The van der Waals surface area contributed by atoms with Gasteiger partial charge in [-0.15, -0.1) is 12.4 Å². The van der Waals surface area contributed by atoms with Crippen molar-refractivity contribution in [1.29, 1.82) is 0 Å². The van der Waals surface area contributed by atoms with Gasteiger partial charge in [-0.25, -0.2) is 4.98 Å². The fourth-order valence-corrected chi connectivity index (χ4v) is 5.40. The minimum Gasteiger partial charge on any atom is -0.505 e. The van der Waals surface area contributed by atoms with E-state index in [9.17, 15) is 9.90 Å². The quantitative estimate of drug-likeness (QED) is 0.210. The van der Waals surface area contributed by atoms with E-state index in [0.29, 0.717) is 11.3 Å². The maximum Gasteiger partial charge on any atom is 0.169 e. The molecular weight excluding hydrogens is 557 g/mol. The lowest BCUT2D eigenvalue weighted by Crippen LogP contribution is -2.40. The number of ketones is 1. The zero-order chi connectivity index (χ0) is 26.4. The van der Waals surface area contributed by atoms with Gasteiger partial charge < -0.3 is 21.1 Å². The van der Waals surface area contributed by atoms with E-state index in [0.717, 1.165) is 72.3 Å². The lowest BCUT2D eigenvalue weighted by molar-refractivity contribution is 0.0968. The van der Waals surface area contributed by atoms with Crippen molar-refractivity contribution in [3.05, 3.63) is 70.5 Å². The first kappa shape index (κ1) is 27.5. The molecule has 202 valence electrons. The molecule has 4 N–H and O–H groups in total. The SMILES string of the molecule is Cl.NC1CCN(c2ccc(Nc3c(C(=O)C4CC4)cnc4ccc(-c5cc(Cl)c(O)c(Cl)c5)cc34)cn2)CC1. The normalized spacial score (nSPS) is 15.7. The van der Waals surface area contributed by atoms with Crippen LogP contribution >= 0.6 is 35.6 Å². The van der Waals surface area contributed by atoms with Crippen LogP contribution in [0.25, 0.3) is 22.0 Å². The Hall–Kier alpha value is -3.10. The summed E-state index contributed by atoms with van der Waals surface area (Å²) < 4.78 is 0. The Balaban J connectivity index is 0.00000308. The van der Waals surface area contributed by atoms with Crippen LogP contribution in [0.1, 0.15) is 36.0 Å². The standard InChI is InChI=1S/C29H27Cl2N5O2.ClH/c30-23-12-18(13-24(31)29(23)38)17-3-5-25-21(11-17)27(22(15-33-25)28(37)16-1-2-16)35-20-4-6-26(34-14-20)36-9-7-19(32)8-10-36;/h3-6,11-16,19,38H,1-2,7-10,32H2,(H,33,35);1H. The highest BCUT2D eigenvalue weighted by molar-refractivity contribution is 6.37. The van der Waals surface area contributed by atoms with Crippen molar-refractivity contribution < 1.29 is 9.90 Å². The molecule has 1 aliphatic heterocycles. The Morgan fingerprint density at radius 3 is 2.31 bits per heavy atom.